The summed E-state index contributed by atoms with van der Waals surface area (Å²) in [5, 5.41) is 2.65. The van der Waals surface area contributed by atoms with Crippen LogP contribution in [0.1, 0.15) is 17.0 Å². The van der Waals surface area contributed by atoms with Crippen LogP contribution in [0.2, 0.25) is 0 Å². The SMILES string of the molecule is Cc1[c]([AlH2])ccc2ccc3nc4n(c3c12)-c1c(cc[c-][n+]1C)C4.[Bk]. The molecular formula is C19H16AlBkN3. The van der Waals surface area contributed by atoms with Crippen LogP contribution in [0, 0.1) is 13.1 Å². The summed E-state index contributed by atoms with van der Waals surface area (Å²) in [7, 11) is 2.07. The zero-order chi connectivity index (χ0) is 15.7. The summed E-state index contributed by atoms with van der Waals surface area (Å²) in [5.41, 5.74) is 5.07. The fourth-order valence-corrected chi connectivity index (χ4v) is 4.27. The summed E-state index contributed by atoms with van der Waals surface area (Å²) in [6.45, 7) is 2.25. The Bertz CT molecular complexity index is 1130. The minimum atomic E-state index is 0. The predicted molar refractivity (Wildman–Crippen MR) is 94.3 cm³/mol. The second-order valence-corrected chi connectivity index (χ2v) is 7.53. The number of rotatable bonds is 0. The van der Waals surface area contributed by atoms with E-state index in [1.807, 2.05) is 6.07 Å². The van der Waals surface area contributed by atoms with Crippen LogP contribution in [-0.2, 0) is 13.5 Å². The van der Waals surface area contributed by atoms with Gasteiger partial charge in [0, 0.05) is 18.0 Å². The molecule has 119 valence electrons. The topological polar surface area (TPSA) is 21.7 Å². The molecule has 2 aromatic carbocycles. The van der Waals surface area contributed by atoms with Crippen molar-refractivity contribution in [3.05, 3.63) is 59.5 Å². The molecule has 5 heteroatoms. The standard InChI is InChI=1S/C19H14N3.Al.Bk.2H/c1-12-5-3-6-13-8-9-15-18(17(12)13)22-16(20-15)11-14-7-4-10-21(2)19(14)22;;;;/h3-4,6-9H,11H2,1-2H3;;;;. The summed E-state index contributed by atoms with van der Waals surface area (Å²) in [6.07, 6.45) is 4.17. The number of hydrogen-bond donors (Lipinski definition) is 0. The second-order valence-electron chi connectivity index (χ2n) is 6.45. The minimum absolute atomic E-state index is 0. The molecule has 0 N–H and O–H groups in total. The third kappa shape index (κ3) is 1.62. The van der Waals surface area contributed by atoms with E-state index in [0.717, 1.165) is 34.1 Å². The van der Waals surface area contributed by atoms with Crippen LogP contribution in [-0.4, -0.2) is 25.8 Å². The smallest absolute Gasteiger partial charge is 0.259 e. The van der Waals surface area contributed by atoms with E-state index in [-0.39, 0.29) is 0 Å². The monoisotopic (exact) mass is 560 g/mol. The number of imidazole rings is 1. The molecule has 0 fully saturated rings. The van der Waals surface area contributed by atoms with Crippen LogP contribution >= 0.6 is 0 Å². The van der Waals surface area contributed by atoms with Gasteiger partial charge in [0.05, 0.1) is 7.05 Å². The normalized spacial score (nSPS) is 12.2. The van der Waals surface area contributed by atoms with Gasteiger partial charge in [0.15, 0.2) is 17.2 Å². The van der Waals surface area contributed by atoms with Gasteiger partial charge >= 0.3 is 0 Å². The van der Waals surface area contributed by atoms with E-state index < -0.39 is 0 Å². The Hall–Kier alpha value is -3.15. The van der Waals surface area contributed by atoms with Crippen molar-refractivity contribution in [2.75, 3.05) is 0 Å². The van der Waals surface area contributed by atoms with Gasteiger partial charge in [0.1, 0.15) is 5.52 Å². The first kappa shape index (κ1) is 14.4. The van der Waals surface area contributed by atoms with Gasteiger partial charge in [-0.3, -0.25) is 0 Å². The summed E-state index contributed by atoms with van der Waals surface area (Å²) < 4.78 is 5.89. The summed E-state index contributed by atoms with van der Waals surface area (Å²) in [5.74, 6) is 2.34. The molecule has 0 saturated carbocycles. The molecule has 0 unspecified atom stereocenters. The van der Waals surface area contributed by atoms with Crippen molar-refractivity contribution in [3.63, 3.8) is 0 Å². The molecule has 24 heavy (non-hydrogen) atoms. The molecule has 4 aromatic rings. The molecular weight excluding hydrogens is 544 g/mol. The van der Waals surface area contributed by atoms with Gasteiger partial charge in [-0.05, 0) is 18.4 Å². The molecule has 1 aliphatic rings. The van der Waals surface area contributed by atoms with Crippen molar-refractivity contribution in [1.82, 2.24) is 9.55 Å². The maximum absolute atomic E-state index is 4.92. The Morgan fingerprint density at radius 1 is 1.21 bits per heavy atom. The van der Waals surface area contributed by atoms with Crippen LogP contribution in [0.15, 0.2) is 36.4 Å². The largest absolute Gasteiger partial charge is 0.343 e. The summed E-state index contributed by atoms with van der Waals surface area (Å²) in [6, 6.07) is 13.0. The molecule has 0 amide bonds. The average Bonchev–Trinajstić information content (AvgIpc) is 3.06. The Labute approximate surface area is 142 Å². The second kappa shape index (κ2) is 4.67. The maximum atomic E-state index is 4.92. The van der Waals surface area contributed by atoms with Crippen molar-refractivity contribution in [1.29, 1.82) is 0 Å². The predicted octanol–water partition coefficient (Wildman–Crippen LogP) is 1.27. The van der Waals surface area contributed by atoms with E-state index in [1.165, 1.54) is 37.7 Å². The quantitative estimate of drug-likeness (QED) is 0.159. The van der Waals surface area contributed by atoms with E-state index in [4.69, 9.17) is 4.98 Å². The third-order valence-corrected chi connectivity index (χ3v) is 6.20. The number of aryl methyl sites for hydroxylation is 2. The molecule has 2 aromatic heterocycles. The van der Waals surface area contributed by atoms with E-state index in [1.54, 1.807) is 0 Å². The van der Waals surface area contributed by atoms with Gasteiger partial charge in [0.25, 0.3) is 16.3 Å². The van der Waals surface area contributed by atoms with Gasteiger partial charge < -0.3 is 4.57 Å². The van der Waals surface area contributed by atoms with Crippen LogP contribution in [0.3, 0.4) is 0 Å². The van der Waals surface area contributed by atoms with Crippen LogP contribution in [0.25, 0.3) is 27.6 Å². The fraction of sp³-hybridized carbons (Fsp3) is 0.158. The molecule has 0 spiro atoms. The van der Waals surface area contributed by atoms with Crippen LogP contribution in [0.4, 0.5) is 0 Å². The number of aromatic nitrogens is 3. The minimum Gasteiger partial charge on any atom is -0.343 e. The molecule has 1 radical (unpaired) electrons. The summed E-state index contributed by atoms with van der Waals surface area (Å²) >= 11 is 1.07. The van der Waals surface area contributed by atoms with Crippen molar-refractivity contribution < 1.29 is 4.57 Å². The van der Waals surface area contributed by atoms with E-state index >= 15 is 0 Å². The third-order valence-electron chi connectivity index (χ3n) is 5.12. The molecule has 3 nitrogen and oxygen atoms in total. The molecule has 1 aliphatic heterocycles. The molecule has 0 bridgehead atoms. The van der Waals surface area contributed by atoms with Crippen molar-refractivity contribution in [2.24, 2.45) is 7.05 Å². The number of benzene rings is 2. The van der Waals surface area contributed by atoms with Gasteiger partial charge in [-0.25, -0.2) is 9.55 Å². The van der Waals surface area contributed by atoms with Gasteiger partial charge in [-0.15, -0.1) is 10.5 Å². The van der Waals surface area contributed by atoms with E-state index in [9.17, 15) is 0 Å². The average molecular weight is 560 g/mol. The van der Waals surface area contributed by atoms with Crippen molar-refractivity contribution in [2.45, 2.75) is 13.3 Å². The first-order valence-electron chi connectivity index (χ1n) is 7.95. The maximum Gasteiger partial charge on any atom is 0.259 e. The number of pyridine rings is 1. The zero-order valence-electron chi connectivity index (χ0n) is 13.8. The fourth-order valence-electron chi connectivity index (χ4n) is 3.85. The van der Waals surface area contributed by atoms with E-state index in [2.05, 4.69) is 59.6 Å². The van der Waals surface area contributed by atoms with Gasteiger partial charge in [0.2, 0.25) is 0 Å². The Morgan fingerprint density at radius 3 is 2.83 bits per heavy atom. The van der Waals surface area contributed by atoms with Crippen LogP contribution < -0.4 is 8.99 Å². The molecule has 0 atom stereocenters. The number of fused-ring (bicyclic) bond motifs is 7. The molecule has 0 saturated heterocycles. The first-order valence-corrected chi connectivity index (χ1v) is 8.95. The first-order chi connectivity index (χ1) is 11.1. The Morgan fingerprint density at radius 2 is 2.00 bits per heavy atom. The Kier molecular flexibility index (Phi) is 2.81. The molecule has 3 heterocycles. The van der Waals surface area contributed by atoms with Crippen molar-refractivity contribution >= 4 is 42.5 Å². The van der Waals surface area contributed by atoms with Gasteiger partial charge in [-0.1, -0.05) is 29.3 Å². The number of hydrogen-bond acceptors (Lipinski definition) is 1. The van der Waals surface area contributed by atoms with Crippen LogP contribution in [0.5, 0.6) is 0 Å². The molecule has 0 aliphatic carbocycles. The summed E-state index contributed by atoms with van der Waals surface area (Å²) in [4.78, 5) is 4.92. The number of nitrogens with zero attached hydrogens (tertiary/aromatic N) is 3. The van der Waals surface area contributed by atoms with E-state index in [0.29, 0.717) is 0 Å². The van der Waals surface area contributed by atoms with Crippen molar-refractivity contribution in [3.8, 4) is 5.82 Å². The van der Waals surface area contributed by atoms with Gasteiger partial charge in [-0.2, -0.15) is 6.07 Å². The zero-order valence-corrected chi connectivity index (χ0v) is 18.6. The molecule has 5 rings (SSSR count). The Balaban J connectivity index is 0.00000146.